The lowest BCUT2D eigenvalue weighted by molar-refractivity contribution is 0.174. The van der Waals surface area contributed by atoms with Gasteiger partial charge in [-0.2, -0.15) is 0 Å². The first kappa shape index (κ1) is 12.0. The second kappa shape index (κ2) is 4.36. The standard InChI is InChI=1S/C14H9BrN2O2S/c15-8-1-3-10-11(5-8)17(14(20)16-10)9-2-4-12-13(6-9)19-7-18-12/h1-6H,7H2,(H,16,20). The van der Waals surface area contributed by atoms with Crippen LogP contribution in [0.25, 0.3) is 16.7 Å². The van der Waals surface area contributed by atoms with Crippen molar-refractivity contribution < 1.29 is 9.47 Å². The van der Waals surface area contributed by atoms with Crippen LogP contribution in [0.3, 0.4) is 0 Å². The minimum absolute atomic E-state index is 0.267. The van der Waals surface area contributed by atoms with Crippen LogP contribution in [0.15, 0.2) is 40.9 Å². The van der Waals surface area contributed by atoms with Crippen LogP contribution in [-0.4, -0.2) is 16.3 Å². The van der Waals surface area contributed by atoms with E-state index in [4.69, 9.17) is 21.7 Å². The third kappa shape index (κ3) is 1.76. The van der Waals surface area contributed by atoms with E-state index in [9.17, 15) is 0 Å². The normalized spacial score (nSPS) is 13.1. The minimum atomic E-state index is 0.267. The van der Waals surface area contributed by atoms with Crippen molar-refractivity contribution in [2.75, 3.05) is 6.79 Å². The van der Waals surface area contributed by atoms with Crippen molar-refractivity contribution >= 4 is 39.2 Å². The van der Waals surface area contributed by atoms with Gasteiger partial charge in [-0.05, 0) is 42.5 Å². The number of hydrogen-bond donors (Lipinski definition) is 1. The quantitative estimate of drug-likeness (QED) is 0.670. The minimum Gasteiger partial charge on any atom is -0.454 e. The van der Waals surface area contributed by atoms with Crippen LogP contribution in [0, 0.1) is 4.77 Å². The van der Waals surface area contributed by atoms with Crippen LogP contribution >= 0.6 is 28.1 Å². The lowest BCUT2D eigenvalue weighted by atomic mass is 10.2. The Bertz CT molecular complexity index is 885. The van der Waals surface area contributed by atoms with Gasteiger partial charge in [0.15, 0.2) is 16.3 Å². The Morgan fingerprint density at radius 2 is 1.95 bits per heavy atom. The summed E-state index contributed by atoms with van der Waals surface area (Å²) in [5, 5.41) is 0. The van der Waals surface area contributed by atoms with Gasteiger partial charge in [0.2, 0.25) is 6.79 Å². The molecule has 0 saturated heterocycles. The molecular formula is C14H9BrN2O2S. The first-order valence-corrected chi connectivity index (χ1v) is 7.23. The van der Waals surface area contributed by atoms with Crippen LogP contribution in [0.4, 0.5) is 0 Å². The van der Waals surface area contributed by atoms with Gasteiger partial charge in [-0.25, -0.2) is 0 Å². The molecule has 20 heavy (non-hydrogen) atoms. The van der Waals surface area contributed by atoms with Gasteiger partial charge in [-0.15, -0.1) is 0 Å². The van der Waals surface area contributed by atoms with Crippen molar-refractivity contribution in [3.8, 4) is 17.2 Å². The number of nitrogens with zero attached hydrogens (tertiary/aromatic N) is 1. The van der Waals surface area contributed by atoms with Crippen LogP contribution < -0.4 is 9.47 Å². The summed E-state index contributed by atoms with van der Waals surface area (Å²) in [6.45, 7) is 0.267. The maximum Gasteiger partial charge on any atom is 0.231 e. The largest absolute Gasteiger partial charge is 0.454 e. The molecule has 0 bridgehead atoms. The molecule has 0 aliphatic carbocycles. The Balaban J connectivity index is 2.00. The number of nitrogens with one attached hydrogen (secondary N) is 1. The first-order valence-electron chi connectivity index (χ1n) is 6.03. The molecule has 1 aromatic heterocycles. The highest BCUT2D eigenvalue weighted by atomic mass is 79.9. The van der Waals surface area contributed by atoms with E-state index in [-0.39, 0.29) is 6.79 Å². The van der Waals surface area contributed by atoms with Crippen molar-refractivity contribution in [2.24, 2.45) is 0 Å². The van der Waals surface area contributed by atoms with E-state index in [1.807, 2.05) is 41.0 Å². The average Bonchev–Trinajstić information content (AvgIpc) is 3.00. The van der Waals surface area contributed by atoms with E-state index in [2.05, 4.69) is 20.9 Å². The third-order valence-corrected chi connectivity index (χ3v) is 4.04. The van der Waals surface area contributed by atoms with E-state index < -0.39 is 0 Å². The van der Waals surface area contributed by atoms with E-state index in [0.29, 0.717) is 4.77 Å². The van der Waals surface area contributed by atoms with Crippen LogP contribution in [0.1, 0.15) is 0 Å². The van der Waals surface area contributed by atoms with Gasteiger partial charge < -0.3 is 14.5 Å². The van der Waals surface area contributed by atoms with E-state index >= 15 is 0 Å². The van der Waals surface area contributed by atoms with Crippen LogP contribution in [0.2, 0.25) is 0 Å². The van der Waals surface area contributed by atoms with Crippen molar-refractivity contribution in [2.45, 2.75) is 0 Å². The lowest BCUT2D eigenvalue weighted by Gasteiger charge is -2.06. The number of rotatable bonds is 1. The molecule has 1 aliphatic rings. The predicted molar refractivity (Wildman–Crippen MR) is 82.3 cm³/mol. The fourth-order valence-electron chi connectivity index (χ4n) is 2.36. The molecule has 0 radical (unpaired) electrons. The molecular weight excluding hydrogens is 340 g/mol. The molecule has 4 nitrogen and oxygen atoms in total. The van der Waals surface area contributed by atoms with Crippen LogP contribution in [0.5, 0.6) is 11.5 Å². The monoisotopic (exact) mass is 348 g/mol. The predicted octanol–water partition coefficient (Wildman–Crippen LogP) is 4.18. The zero-order valence-electron chi connectivity index (χ0n) is 10.2. The number of imidazole rings is 1. The number of aromatic nitrogens is 2. The summed E-state index contributed by atoms with van der Waals surface area (Å²) in [5.41, 5.74) is 2.96. The highest BCUT2D eigenvalue weighted by Gasteiger charge is 2.15. The van der Waals surface area contributed by atoms with E-state index in [0.717, 1.165) is 32.7 Å². The van der Waals surface area contributed by atoms with Crippen molar-refractivity contribution in [1.82, 2.24) is 9.55 Å². The van der Waals surface area contributed by atoms with Gasteiger partial charge in [-0.3, -0.25) is 4.57 Å². The molecule has 6 heteroatoms. The molecule has 0 atom stereocenters. The van der Waals surface area contributed by atoms with Crippen LogP contribution in [-0.2, 0) is 0 Å². The number of H-pyrrole nitrogens is 1. The van der Waals surface area contributed by atoms with Gasteiger partial charge >= 0.3 is 0 Å². The first-order chi connectivity index (χ1) is 9.72. The Hall–Kier alpha value is -1.79. The molecule has 2 aromatic carbocycles. The fraction of sp³-hybridized carbons (Fsp3) is 0.0714. The highest BCUT2D eigenvalue weighted by molar-refractivity contribution is 9.10. The molecule has 4 rings (SSSR count). The van der Waals surface area contributed by atoms with Gasteiger partial charge in [0.05, 0.1) is 16.7 Å². The molecule has 0 fully saturated rings. The summed E-state index contributed by atoms with van der Waals surface area (Å²) in [5.74, 6) is 1.51. The molecule has 0 unspecified atom stereocenters. The molecule has 0 amide bonds. The summed E-state index contributed by atoms with van der Waals surface area (Å²) in [6, 6.07) is 11.8. The zero-order chi connectivity index (χ0) is 13.7. The molecule has 1 N–H and O–H groups in total. The average molecular weight is 349 g/mol. The second-order valence-electron chi connectivity index (χ2n) is 4.46. The van der Waals surface area contributed by atoms with E-state index in [1.54, 1.807) is 0 Å². The number of benzene rings is 2. The third-order valence-electron chi connectivity index (χ3n) is 3.26. The summed E-state index contributed by atoms with van der Waals surface area (Å²) >= 11 is 8.92. The summed E-state index contributed by atoms with van der Waals surface area (Å²) in [4.78, 5) is 3.21. The molecule has 0 saturated carbocycles. The SMILES string of the molecule is S=c1[nH]c2ccc(Br)cc2n1-c1ccc2c(c1)OCO2. The molecule has 2 heterocycles. The van der Waals surface area contributed by atoms with Gasteiger partial charge in [0.25, 0.3) is 0 Å². The Labute approximate surface area is 128 Å². The van der Waals surface area contributed by atoms with Gasteiger partial charge in [0.1, 0.15) is 0 Å². The number of halogens is 1. The number of aromatic amines is 1. The molecule has 1 aliphatic heterocycles. The Morgan fingerprint density at radius 1 is 1.10 bits per heavy atom. The topological polar surface area (TPSA) is 39.2 Å². The molecule has 3 aromatic rings. The summed E-state index contributed by atoms with van der Waals surface area (Å²) < 4.78 is 14.4. The number of hydrogen-bond acceptors (Lipinski definition) is 3. The van der Waals surface area contributed by atoms with Crippen molar-refractivity contribution in [3.63, 3.8) is 0 Å². The maximum atomic E-state index is 5.43. The second-order valence-corrected chi connectivity index (χ2v) is 5.77. The number of ether oxygens (including phenoxy) is 2. The smallest absolute Gasteiger partial charge is 0.231 e. The summed E-state index contributed by atoms with van der Waals surface area (Å²) in [7, 11) is 0. The number of fused-ring (bicyclic) bond motifs is 2. The van der Waals surface area contributed by atoms with E-state index in [1.165, 1.54) is 0 Å². The fourth-order valence-corrected chi connectivity index (χ4v) is 3.02. The maximum absolute atomic E-state index is 5.43. The zero-order valence-corrected chi connectivity index (χ0v) is 12.6. The Kier molecular flexibility index (Phi) is 2.61. The Morgan fingerprint density at radius 3 is 2.85 bits per heavy atom. The van der Waals surface area contributed by atoms with Gasteiger partial charge in [0, 0.05) is 10.5 Å². The highest BCUT2D eigenvalue weighted by Crippen LogP contribution is 2.34. The van der Waals surface area contributed by atoms with Gasteiger partial charge in [-0.1, -0.05) is 15.9 Å². The molecule has 100 valence electrons. The van der Waals surface area contributed by atoms with Crippen molar-refractivity contribution in [3.05, 3.63) is 45.6 Å². The molecule has 0 spiro atoms. The summed E-state index contributed by atoms with van der Waals surface area (Å²) in [6.07, 6.45) is 0. The lowest BCUT2D eigenvalue weighted by Crippen LogP contribution is -1.94. The van der Waals surface area contributed by atoms with Crippen molar-refractivity contribution in [1.29, 1.82) is 0 Å².